The van der Waals surface area contributed by atoms with Gasteiger partial charge in [-0.05, 0) is 25.7 Å². The Hall–Kier alpha value is -0.0400. The maximum Gasteiger partial charge on any atom is 0.0843 e. The number of quaternary nitrogens is 1. The summed E-state index contributed by atoms with van der Waals surface area (Å²) in [5.41, 5.74) is 4.21. The molecule has 0 radical (unpaired) electrons. The number of rotatable bonds is 9. The first kappa shape index (κ1) is 13.0. The van der Waals surface area contributed by atoms with E-state index in [0.29, 0.717) is 0 Å². The predicted molar refractivity (Wildman–Crippen MR) is 59.6 cm³/mol. The summed E-state index contributed by atoms with van der Waals surface area (Å²) >= 11 is 0. The maximum absolute atomic E-state index is 4.21. The lowest BCUT2D eigenvalue weighted by Gasteiger charge is -2.07. The molecule has 0 fully saturated rings. The van der Waals surface area contributed by atoms with Crippen molar-refractivity contribution >= 4 is 0 Å². The highest BCUT2D eigenvalue weighted by atomic mass is 14.6. The molecular weight excluding hydrogens is 158 g/mol. The molecule has 0 aliphatic heterocycles. The lowest BCUT2D eigenvalue weighted by atomic mass is 10.0. The van der Waals surface area contributed by atoms with Crippen molar-refractivity contribution in [1.29, 1.82) is 0 Å². The van der Waals surface area contributed by atoms with Crippen LogP contribution in [0.2, 0.25) is 0 Å². The van der Waals surface area contributed by atoms with Gasteiger partial charge in [0.2, 0.25) is 0 Å². The van der Waals surface area contributed by atoms with Gasteiger partial charge in [-0.2, -0.15) is 0 Å². The molecule has 1 atom stereocenters. The lowest BCUT2D eigenvalue weighted by Crippen LogP contribution is -2.60. The van der Waals surface area contributed by atoms with Crippen molar-refractivity contribution in [1.82, 2.24) is 0 Å². The standard InChI is InChI=1S/C12H27N/c1-3-5-7-9-11-12(13)10-8-6-4-2/h12H,3-11,13H2,1-2H3/p+1. The van der Waals surface area contributed by atoms with Gasteiger partial charge in [-0.3, -0.25) is 0 Å². The zero-order chi connectivity index (χ0) is 9.94. The van der Waals surface area contributed by atoms with Crippen LogP contribution in [-0.4, -0.2) is 6.04 Å². The van der Waals surface area contributed by atoms with Gasteiger partial charge in [0.15, 0.2) is 0 Å². The third-order valence-corrected chi connectivity index (χ3v) is 2.68. The Labute approximate surface area is 84.1 Å². The summed E-state index contributed by atoms with van der Waals surface area (Å²) in [6, 6.07) is 0.725. The molecular formula is C12H28N+. The third-order valence-electron chi connectivity index (χ3n) is 2.68. The second-order valence-electron chi connectivity index (χ2n) is 4.21. The van der Waals surface area contributed by atoms with Crippen molar-refractivity contribution in [2.75, 3.05) is 0 Å². The van der Waals surface area contributed by atoms with Gasteiger partial charge in [0.1, 0.15) is 0 Å². The van der Waals surface area contributed by atoms with Crippen LogP contribution >= 0.6 is 0 Å². The third kappa shape index (κ3) is 9.88. The normalized spacial score (nSPS) is 13.2. The first-order valence-electron chi connectivity index (χ1n) is 6.14. The van der Waals surface area contributed by atoms with E-state index in [2.05, 4.69) is 19.6 Å². The minimum absolute atomic E-state index is 0.725. The number of hydrogen-bond donors (Lipinski definition) is 1. The first-order valence-corrected chi connectivity index (χ1v) is 6.14. The Balaban J connectivity index is 3.05. The quantitative estimate of drug-likeness (QED) is 0.536. The molecule has 0 spiro atoms. The molecule has 0 aromatic carbocycles. The average molecular weight is 186 g/mol. The average Bonchev–Trinajstić information content (AvgIpc) is 2.13. The van der Waals surface area contributed by atoms with E-state index in [1.54, 1.807) is 0 Å². The van der Waals surface area contributed by atoms with Crippen LogP contribution in [0.1, 0.15) is 71.6 Å². The van der Waals surface area contributed by atoms with Crippen LogP contribution < -0.4 is 5.73 Å². The summed E-state index contributed by atoms with van der Waals surface area (Å²) in [6.45, 7) is 4.53. The minimum atomic E-state index is 0.725. The minimum Gasteiger partial charge on any atom is -0.355 e. The molecule has 0 aromatic heterocycles. The highest BCUT2D eigenvalue weighted by Gasteiger charge is 2.04. The molecule has 0 aliphatic rings. The summed E-state index contributed by atoms with van der Waals surface area (Å²) in [5, 5.41) is 0. The highest BCUT2D eigenvalue weighted by molar-refractivity contribution is 4.54. The van der Waals surface area contributed by atoms with Crippen LogP contribution in [0.3, 0.4) is 0 Å². The maximum atomic E-state index is 4.21. The van der Waals surface area contributed by atoms with Gasteiger partial charge in [0.25, 0.3) is 0 Å². The fraction of sp³-hybridized carbons (Fsp3) is 1.00. The second-order valence-corrected chi connectivity index (χ2v) is 4.21. The van der Waals surface area contributed by atoms with Crippen LogP contribution in [0.25, 0.3) is 0 Å². The van der Waals surface area contributed by atoms with E-state index in [9.17, 15) is 0 Å². The van der Waals surface area contributed by atoms with Gasteiger partial charge < -0.3 is 5.73 Å². The molecule has 0 saturated heterocycles. The zero-order valence-corrected chi connectivity index (χ0v) is 9.65. The fourth-order valence-corrected chi connectivity index (χ4v) is 1.69. The van der Waals surface area contributed by atoms with E-state index in [1.807, 2.05) is 0 Å². The molecule has 0 heterocycles. The van der Waals surface area contributed by atoms with Crippen molar-refractivity contribution in [3.8, 4) is 0 Å². The molecule has 0 rings (SSSR count). The zero-order valence-electron chi connectivity index (χ0n) is 9.65. The molecule has 0 aromatic rings. The van der Waals surface area contributed by atoms with Crippen molar-refractivity contribution in [2.24, 2.45) is 0 Å². The van der Waals surface area contributed by atoms with E-state index in [-0.39, 0.29) is 0 Å². The molecule has 1 heteroatoms. The summed E-state index contributed by atoms with van der Waals surface area (Å²) < 4.78 is 0. The van der Waals surface area contributed by atoms with Crippen molar-refractivity contribution in [3.05, 3.63) is 0 Å². The molecule has 13 heavy (non-hydrogen) atoms. The van der Waals surface area contributed by atoms with Crippen LogP contribution in [0.4, 0.5) is 0 Å². The molecule has 0 amide bonds. The molecule has 3 N–H and O–H groups in total. The lowest BCUT2D eigenvalue weighted by molar-refractivity contribution is -0.423. The smallest absolute Gasteiger partial charge is 0.0843 e. The highest BCUT2D eigenvalue weighted by Crippen LogP contribution is 2.08. The fourth-order valence-electron chi connectivity index (χ4n) is 1.69. The van der Waals surface area contributed by atoms with Gasteiger partial charge in [0, 0.05) is 0 Å². The van der Waals surface area contributed by atoms with Gasteiger partial charge in [-0.15, -0.1) is 0 Å². The largest absolute Gasteiger partial charge is 0.355 e. The van der Waals surface area contributed by atoms with Crippen molar-refractivity contribution < 1.29 is 5.73 Å². The van der Waals surface area contributed by atoms with E-state index in [0.717, 1.165) is 6.04 Å². The van der Waals surface area contributed by atoms with E-state index >= 15 is 0 Å². The molecule has 0 aliphatic carbocycles. The number of hydrogen-bond acceptors (Lipinski definition) is 0. The molecule has 1 nitrogen and oxygen atoms in total. The summed E-state index contributed by atoms with van der Waals surface area (Å²) in [4.78, 5) is 0. The van der Waals surface area contributed by atoms with E-state index in [4.69, 9.17) is 0 Å². The summed E-state index contributed by atoms with van der Waals surface area (Å²) in [6.07, 6.45) is 12.4. The Bertz CT molecular complexity index is 91.1. The number of unbranched alkanes of at least 4 members (excludes halogenated alkanes) is 5. The summed E-state index contributed by atoms with van der Waals surface area (Å²) in [7, 11) is 0. The molecule has 80 valence electrons. The molecule has 0 bridgehead atoms. The Morgan fingerprint density at radius 2 is 1.23 bits per heavy atom. The van der Waals surface area contributed by atoms with Gasteiger partial charge in [0.05, 0.1) is 6.04 Å². The Morgan fingerprint density at radius 3 is 1.77 bits per heavy atom. The molecule has 1 unspecified atom stereocenters. The first-order chi connectivity index (χ1) is 6.31. The Kier molecular flexibility index (Phi) is 10.0. The van der Waals surface area contributed by atoms with Crippen LogP contribution in [-0.2, 0) is 0 Å². The van der Waals surface area contributed by atoms with Crippen LogP contribution in [0.5, 0.6) is 0 Å². The predicted octanol–water partition coefficient (Wildman–Crippen LogP) is 3.15. The van der Waals surface area contributed by atoms with Crippen molar-refractivity contribution in [2.45, 2.75) is 77.7 Å². The van der Waals surface area contributed by atoms with Crippen molar-refractivity contribution in [3.63, 3.8) is 0 Å². The Morgan fingerprint density at radius 1 is 0.769 bits per heavy atom. The van der Waals surface area contributed by atoms with Gasteiger partial charge in [-0.25, -0.2) is 0 Å². The van der Waals surface area contributed by atoms with E-state index in [1.165, 1.54) is 57.8 Å². The van der Waals surface area contributed by atoms with Crippen LogP contribution in [0, 0.1) is 0 Å². The SMILES string of the molecule is CCCCCCC([NH3+])CCCCC. The van der Waals surface area contributed by atoms with Gasteiger partial charge >= 0.3 is 0 Å². The second kappa shape index (κ2) is 10.0. The van der Waals surface area contributed by atoms with Crippen LogP contribution in [0.15, 0.2) is 0 Å². The molecule has 0 saturated carbocycles. The monoisotopic (exact) mass is 186 g/mol. The summed E-state index contributed by atoms with van der Waals surface area (Å²) in [5.74, 6) is 0. The van der Waals surface area contributed by atoms with E-state index < -0.39 is 0 Å². The topological polar surface area (TPSA) is 27.6 Å². The van der Waals surface area contributed by atoms with Gasteiger partial charge in [-0.1, -0.05) is 46.0 Å².